The van der Waals surface area contributed by atoms with E-state index in [4.69, 9.17) is 4.74 Å². The molecule has 6 N–H and O–H groups in total. The summed E-state index contributed by atoms with van der Waals surface area (Å²) >= 11 is 0. The molecule has 11 heteroatoms. The molecule has 0 spiro atoms. The normalized spacial score (nSPS) is 27.2. The molecule has 1 aromatic carbocycles. The number of aromatic hydroxyl groups is 1. The second-order valence-electron chi connectivity index (χ2n) is 6.79. The first-order valence-electron chi connectivity index (χ1n) is 8.99. The molecule has 154 valence electrons. The molecule has 0 radical (unpaired) electrons. The van der Waals surface area contributed by atoms with Gasteiger partial charge in [-0.25, -0.2) is 15.0 Å². The lowest BCUT2D eigenvalue weighted by Crippen LogP contribution is -2.56. The van der Waals surface area contributed by atoms with Crippen molar-refractivity contribution < 1.29 is 30.3 Å². The molecule has 1 fully saturated rings. The lowest BCUT2D eigenvalue weighted by molar-refractivity contribution is -0.251. The summed E-state index contributed by atoms with van der Waals surface area (Å²) in [6.45, 7) is -0.100. The zero-order chi connectivity index (χ0) is 20.5. The molecule has 4 rings (SSSR count). The number of phenolic OH excluding ortho intramolecular Hbond substituents is 1. The van der Waals surface area contributed by atoms with Crippen LogP contribution in [0, 0.1) is 0 Å². The van der Waals surface area contributed by atoms with Crippen LogP contribution in [0.15, 0.2) is 36.9 Å². The minimum Gasteiger partial charge on any atom is -0.508 e. The largest absolute Gasteiger partial charge is 0.508 e. The Morgan fingerprint density at radius 2 is 1.76 bits per heavy atom. The number of imidazole rings is 1. The Hall–Kier alpha value is -2.83. The molecule has 3 aliphatic heterocycles. The molecule has 3 aliphatic rings. The highest BCUT2D eigenvalue weighted by atomic mass is 16.6. The van der Waals surface area contributed by atoms with Gasteiger partial charge in [0.2, 0.25) is 0 Å². The Morgan fingerprint density at radius 3 is 2.48 bits per heavy atom. The van der Waals surface area contributed by atoms with Gasteiger partial charge in [-0.15, -0.1) is 0 Å². The van der Waals surface area contributed by atoms with E-state index in [1.54, 1.807) is 24.3 Å². The first-order chi connectivity index (χ1) is 14.0. The maximum absolute atomic E-state index is 10.4. The lowest BCUT2D eigenvalue weighted by Gasteiger charge is -2.41. The predicted molar refractivity (Wildman–Crippen MR) is 98.9 cm³/mol. The van der Waals surface area contributed by atoms with Crippen LogP contribution in [0.5, 0.6) is 5.75 Å². The number of aliphatic hydroxyl groups is 4. The van der Waals surface area contributed by atoms with Crippen LogP contribution in [0.1, 0.15) is 11.8 Å². The molecule has 1 aromatic rings. The molecule has 0 bridgehead atoms. The van der Waals surface area contributed by atoms with Gasteiger partial charge in [0, 0.05) is 6.54 Å². The molecule has 0 amide bonds. The number of phenols is 1. The quantitative estimate of drug-likeness (QED) is 0.313. The first kappa shape index (κ1) is 19.5. The predicted octanol–water partition coefficient (Wildman–Crippen LogP) is -0.932. The van der Waals surface area contributed by atoms with Crippen LogP contribution < -0.4 is 5.32 Å². The molecular formula is C18H21N5O6. The van der Waals surface area contributed by atoms with Crippen LogP contribution in [-0.2, 0) is 11.3 Å². The number of hydrogen-bond donors (Lipinski definition) is 6. The van der Waals surface area contributed by atoms with Crippen molar-refractivity contribution in [2.75, 3.05) is 11.9 Å². The molecule has 1 saturated heterocycles. The fourth-order valence-electron chi connectivity index (χ4n) is 3.28. The zero-order valence-corrected chi connectivity index (χ0v) is 15.2. The standard InChI is InChI=1S/C18H21N5O6/c24-6-11-13(26)14(27)15(28)18(29-11)23-8-22-16(12-17(23)21-7-20-12)19-5-9-1-3-10(25)4-2-9/h1-4,7-8,11,13-15,18-19,24-28H,5-6H2/t11-,13-,14+,15-,18-/m1/s1. The molecule has 0 unspecified atom stereocenters. The molecular weight excluding hydrogens is 382 g/mol. The number of aliphatic hydroxyl groups excluding tert-OH is 4. The fraction of sp³-hybridized carbons (Fsp3) is 0.389. The van der Waals surface area contributed by atoms with E-state index in [1.165, 1.54) is 17.2 Å². The average Bonchev–Trinajstić information content (AvgIpc) is 3.22. The minimum atomic E-state index is -1.51. The number of hydrogen-bond acceptors (Lipinski definition) is 10. The van der Waals surface area contributed by atoms with Gasteiger partial charge in [0.25, 0.3) is 0 Å². The highest BCUT2D eigenvalue weighted by Gasteiger charge is 2.45. The summed E-state index contributed by atoms with van der Waals surface area (Å²) < 4.78 is 6.97. The van der Waals surface area contributed by atoms with Gasteiger partial charge in [-0.05, 0) is 17.7 Å². The Labute approximate surface area is 165 Å². The van der Waals surface area contributed by atoms with Crippen LogP contribution in [0.3, 0.4) is 0 Å². The first-order valence-corrected chi connectivity index (χ1v) is 8.99. The second-order valence-corrected chi connectivity index (χ2v) is 6.79. The van der Waals surface area contributed by atoms with Crippen molar-refractivity contribution in [3.05, 3.63) is 42.5 Å². The molecule has 0 saturated carbocycles. The van der Waals surface area contributed by atoms with Gasteiger partial charge in [-0.3, -0.25) is 4.57 Å². The van der Waals surface area contributed by atoms with Gasteiger partial charge >= 0.3 is 0 Å². The van der Waals surface area contributed by atoms with Crippen LogP contribution >= 0.6 is 0 Å². The number of nitrogens with one attached hydrogen (secondary N) is 1. The third kappa shape index (κ3) is 3.61. The van der Waals surface area contributed by atoms with Gasteiger partial charge in [-0.1, -0.05) is 12.1 Å². The van der Waals surface area contributed by atoms with Gasteiger partial charge in [0.1, 0.15) is 42.8 Å². The second kappa shape index (κ2) is 7.89. The Kier molecular flexibility index (Phi) is 5.30. The van der Waals surface area contributed by atoms with Crippen LogP contribution in [0.2, 0.25) is 0 Å². The maximum atomic E-state index is 10.4. The van der Waals surface area contributed by atoms with E-state index in [2.05, 4.69) is 20.3 Å². The van der Waals surface area contributed by atoms with Crippen molar-refractivity contribution in [2.45, 2.75) is 37.2 Å². The van der Waals surface area contributed by atoms with E-state index < -0.39 is 37.3 Å². The lowest BCUT2D eigenvalue weighted by atomic mass is 9.98. The number of rotatable bonds is 5. The highest BCUT2D eigenvalue weighted by molar-refractivity contribution is 5.67. The Morgan fingerprint density at radius 1 is 1.00 bits per heavy atom. The SMILES string of the molecule is OC[C@H]1O[C@@H](n2cnc(NCc3ccc(O)cc3)c3ncnc2-3)[C@H](O)[C@@H](O)[C@@H]1O. The number of ether oxygens (including phenoxy) is 1. The van der Waals surface area contributed by atoms with Crippen molar-refractivity contribution in [1.82, 2.24) is 19.5 Å². The summed E-state index contributed by atoms with van der Waals surface area (Å²) in [4.78, 5) is 12.7. The number of benzene rings is 1. The van der Waals surface area contributed by atoms with E-state index in [0.717, 1.165) is 5.56 Å². The zero-order valence-electron chi connectivity index (χ0n) is 15.2. The van der Waals surface area contributed by atoms with Crippen LogP contribution in [0.25, 0.3) is 11.5 Å². The highest BCUT2D eigenvalue weighted by Crippen LogP contribution is 2.33. The minimum absolute atomic E-state index is 0.177. The molecule has 0 aromatic heterocycles. The fourth-order valence-corrected chi connectivity index (χ4v) is 3.28. The van der Waals surface area contributed by atoms with Gasteiger partial charge in [0.05, 0.1) is 6.61 Å². The monoisotopic (exact) mass is 403 g/mol. The number of nitrogens with zero attached hydrogens (tertiary/aromatic N) is 4. The molecule has 11 nitrogen and oxygen atoms in total. The van der Waals surface area contributed by atoms with E-state index in [9.17, 15) is 25.5 Å². The molecule has 5 atom stereocenters. The summed E-state index contributed by atoms with van der Waals surface area (Å²) in [6, 6.07) is 6.71. The maximum Gasteiger partial charge on any atom is 0.167 e. The number of aromatic nitrogens is 4. The summed E-state index contributed by atoms with van der Waals surface area (Å²) in [6.07, 6.45) is -3.88. The summed E-state index contributed by atoms with van der Waals surface area (Å²) in [5, 5.41) is 52.3. The van der Waals surface area contributed by atoms with Gasteiger partial charge in [-0.2, -0.15) is 0 Å². The van der Waals surface area contributed by atoms with E-state index in [0.29, 0.717) is 23.9 Å². The van der Waals surface area contributed by atoms with E-state index >= 15 is 0 Å². The van der Waals surface area contributed by atoms with Crippen molar-refractivity contribution in [3.8, 4) is 17.3 Å². The Bertz CT molecular complexity index is 933. The van der Waals surface area contributed by atoms with Crippen molar-refractivity contribution in [3.63, 3.8) is 0 Å². The third-order valence-corrected chi connectivity index (χ3v) is 4.90. The summed E-state index contributed by atoms with van der Waals surface area (Å²) in [7, 11) is 0. The van der Waals surface area contributed by atoms with Crippen molar-refractivity contribution >= 4 is 5.82 Å². The Balaban J connectivity index is 1.60. The average molecular weight is 403 g/mol. The molecule has 0 aliphatic carbocycles. The smallest absolute Gasteiger partial charge is 0.167 e. The van der Waals surface area contributed by atoms with E-state index in [1.807, 2.05) is 0 Å². The van der Waals surface area contributed by atoms with Gasteiger partial charge < -0.3 is 35.6 Å². The van der Waals surface area contributed by atoms with Gasteiger partial charge in [0.15, 0.2) is 23.6 Å². The van der Waals surface area contributed by atoms with Crippen LogP contribution in [0.4, 0.5) is 5.82 Å². The topological polar surface area (TPSA) is 166 Å². The number of fused-ring (bicyclic) bond motifs is 1. The summed E-state index contributed by atoms with van der Waals surface area (Å²) in [5.41, 5.74) is 1.34. The van der Waals surface area contributed by atoms with E-state index in [-0.39, 0.29) is 5.75 Å². The third-order valence-electron chi connectivity index (χ3n) is 4.90. The number of anilines is 1. The van der Waals surface area contributed by atoms with Crippen molar-refractivity contribution in [1.29, 1.82) is 0 Å². The summed E-state index contributed by atoms with van der Waals surface area (Å²) in [5.74, 6) is 0.973. The molecule has 29 heavy (non-hydrogen) atoms. The van der Waals surface area contributed by atoms with Crippen molar-refractivity contribution in [2.24, 2.45) is 0 Å². The van der Waals surface area contributed by atoms with Crippen LogP contribution in [-0.4, -0.2) is 76.1 Å². The molecule has 3 heterocycles.